The van der Waals surface area contributed by atoms with Crippen molar-refractivity contribution in [2.24, 2.45) is 0 Å². The van der Waals surface area contributed by atoms with Crippen molar-refractivity contribution in [2.45, 2.75) is 31.3 Å². The zero-order valence-electron chi connectivity index (χ0n) is 13.7. The summed E-state index contributed by atoms with van der Waals surface area (Å²) in [5.41, 5.74) is 2.20. The Kier molecular flexibility index (Phi) is 3.54. The maximum Gasteiger partial charge on any atom is 0.325 e. The van der Waals surface area contributed by atoms with Crippen LogP contribution in [0.4, 0.5) is 4.79 Å². The summed E-state index contributed by atoms with van der Waals surface area (Å²) in [4.78, 5) is 27.0. The van der Waals surface area contributed by atoms with Crippen LogP contribution in [0.15, 0.2) is 48.5 Å². The van der Waals surface area contributed by atoms with Gasteiger partial charge in [-0.2, -0.15) is 5.26 Å². The van der Waals surface area contributed by atoms with E-state index in [0.717, 1.165) is 24.0 Å². The Bertz CT molecular complexity index is 915. The minimum absolute atomic E-state index is 0.109. The number of nitriles is 1. The van der Waals surface area contributed by atoms with Gasteiger partial charge in [0.25, 0.3) is 5.91 Å². The number of nitrogens with zero attached hydrogens (tertiary/aromatic N) is 2. The van der Waals surface area contributed by atoms with Gasteiger partial charge >= 0.3 is 6.03 Å². The number of benzene rings is 2. The number of hydrogen-bond acceptors (Lipinski definition) is 3. The van der Waals surface area contributed by atoms with Crippen LogP contribution in [0.1, 0.15) is 35.1 Å². The lowest BCUT2D eigenvalue weighted by Crippen LogP contribution is -2.46. The molecule has 1 fully saturated rings. The van der Waals surface area contributed by atoms with E-state index >= 15 is 0 Å². The molecule has 3 amide bonds. The first-order valence-corrected chi connectivity index (χ1v) is 8.36. The second-order valence-electron chi connectivity index (χ2n) is 6.51. The van der Waals surface area contributed by atoms with Crippen molar-refractivity contribution in [1.29, 1.82) is 5.26 Å². The number of fused-ring (bicyclic) bond motifs is 2. The molecule has 0 radical (unpaired) electrons. The number of urea groups is 1. The molecule has 0 unspecified atom stereocenters. The molecule has 2 aliphatic rings. The van der Waals surface area contributed by atoms with Gasteiger partial charge in [-0.3, -0.25) is 9.69 Å². The molecule has 25 heavy (non-hydrogen) atoms. The molecule has 1 N–H and O–H groups in total. The quantitative estimate of drug-likeness (QED) is 0.860. The van der Waals surface area contributed by atoms with Crippen LogP contribution in [0, 0.1) is 11.3 Å². The summed E-state index contributed by atoms with van der Waals surface area (Å²) in [5.74, 6) is -0.225. The van der Waals surface area contributed by atoms with E-state index in [1.807, 2.05) is 24.3 Å². The number of carbonyl (C=O) groups is 2. The number of amides is 3. The summed E-state index contributed by atoms with van der Waals surface area (Å²) >= 11 is 0. The predicted molar refractivity (Wildman–Crippen MR) is 91.3 cm³/mol. The van der Waals surface area contributed by atoms with Gasteiger partial charge in [-0.15, -0.1) is 0 Å². The molecule has 2 aromatic carbocycles. The summed E-state index contributed by atoms with van der Waals surface area (Å²) < 4.78 is 0. The SMILES string of the molecule is N#Cc1ccccc1CN1C(=O)N[C@@]2(CCCc3ccccc32)C1=O. The van der Waals surface area contributed by atoms with Crippen LogP contribution in [0.2, 0.25) is 0 Å². The van der Waals surface area contributed by atoms with Crippen molar-refractivity contribution in [1.82, 2.24) is 10.2 Å². The van der Waals surface area contributed by atoms with Crippen LogP contribution in [-0.2, 0) is 23.3 Å². The van der Waals surface area contributed by atoms with Crippen LogP contribution < -0.4 is 5.32 Å². The predicted octanol–water partition coefficient (Wildman–Crippen LogP) is 2.84. The highest BCUT2D eigenvalue weighted by Crippen LogP contribution is 2.40. The Hall–Kier alpha value is -3.13. The molecule has 1 heterocycles. The van der Waals surface area contributed by atoms with Gasteiger partial charge in [0.2, 0.25) is 0 Å². The lowest BCUT2D eigenvalue weighted by molar-refractivity contribution is -0.132. The van der Waals surface area contributed by atoms with Gasteiger partial charge < -0.3 is 5.32 Å². The number of imide groups is 1. The van der Waals surface area contributed by atoms with Crippen LogP contribution in [0.3, 0.4) is 0 Å². The minimum Gasteiger partial charge on any atom is -0.319 e. The molecule has 0 aromatic heterocycles. The molecule has 1 aliphatic heterocycles. The van der Waals surface area contributed by atoms with Crippen molar-refractivity contribution in [3.05, 3.63) is 70.8 Å². The van der Waals surface area contributed by atoms with Crippen LogP contribution >= 0.6 is 0 Å². The van der Waals surface area contributed by atoms with Gasteiger partial charge in [0.1, 0.15) is 5.54 Å². The third-order valence-electron chi connectivity index (χ3n) is 5.12. The number of aryl methyl sites for hydroxylation is 1. The Balaban J connectivity index is 1.72. The van der Waals surface area contributed by atoms with E-state index in [-0.39, 0.29) is 12.5 Å². The molecule has 1 spiro atoms. The van der Waals surface area contributed by atoms with Gasteiger partial charge in [0.05, 0.1) is 18.2 Å². The molecule has 1 saturated heterocycles. The van der Waals surface area contributed by atoms with Crippen molar-refractivity contribution >= 4 is 11.9 Å². The Labute approximate surface area is 145 Å². The average Bonchev–Trinajstić information content (AvgIpc) is 2.87. The van der Waals surface area contributed by atoms with Crippen molar-refractivity contribution in [2.75, 3.05) is 0 Å². The molecule has 4 rings (SSSR count). The second-order valence-corrected chi connectivity index (χ2v) is 6.51. The van der Waals surface area contributed by atoms with Gasteiger partial charge in [0, 0.05) is 0 Å². The molecule has 1 atom stereocenters. The fraction of sp³-hybridized carbons (Fsp3) is 0.250. The zero-order valence-corrected chi connectivity index (χ0v) is 13.7. The zero-order chi connectivity index (χ0) is 17.4. The maximum absolute atomic E-state index is 13.2. The second kappa shape index (κ2) is 5.75. The van der Waals surface area contributed by atoms with E-state index < -0.39 is 11.6 Å². The van der Waals surface area contributed by atoms with E-state index in [1.54, 1.807) is 24.3 Å². The van der Waals surface area contributed by atoms with E-state index in [9.17, 15) is 14.9 Å². The molecular formula is C20H17N3O2. The Morgan fingerprint density at radius 2 is 1.88 bits per heavy atom. The first-order chi connectivity index (χ1) is 12.2. The van der Waals surface area contributed by atoms with Gasteiger partial charge in [-0.05, 0) is 42.0 Å². The molecule has 5 nitrogen and oxygen atoms in total. The molecule has 1 aliphatic carbocycles. The van der Waals surface area contributed by atoms with Gasteiger partial charge in [-0.1, -0.05) is 42.5 Å². The lowest BCUT2D eigenvalue weighted by atomic mass is 9.76. The highest BCUT2D eigenvalue weighted by Gasteiger charge is 2.53. The van der Waals surface area contributed by atoms with E-state index in [0.29, 0.717) is 17.5 Å². The number of rotatable bonds is 2. The van der Waals surface area contributed by atoms with Crippen molar-refractivity contribution in [3.8, 4) is 6.07 Å². The largest absolute Gasteiger partial charge is 0.325 e. The summed E-state index contributed by atoms with van der Waals surface area (Å²) in [6.07, 6.45) is 2.37. The molecule has 0 bridgehead atoms. The van der Waals surface area contributed by atoms with Gasteiger partial charge in [0.15, 0.2) is 0 Å². The third kappa shape index (κ3) is 2.30. The van der Waals surface area contributed by atoms with E-state index in [1.165, 1.54) is 4.90 Å². The summed E-state index contributed by atoms with van der Waals surface area (Å²) in [7, 11) is 0. The minimum atomic E-state index is -0.965. The fourth-order valence-electron chi connectivity index (χ4n) is 3.89. The molecule has 0 saturated carbocycles. The lowest BCUT2D eigenvalue weighted by Gasteiger charge is -2.33. The van der Waals surface area contributed by atoms with Gasteiger partial charge in [-0.25, -0.2) is 4.79 Å². The highest BCUT2D eigenvalue weighted by molar-refractivity contribution is 6.07. The maximum atomic E-state index is 13.2. The Morgan fingerprint density at radius 3 is 2.72 bits per heavy atom. The number of carbonyl (C=O) groups excluding carboxylic acids is 2. The normalized spacial score (nSPS) is 21.8. The van der Waals surface area contributed by atoms with Crippen molar-refractivity contribution < 1.29 is 9.59 Å². The smallest absolute Gasteiger partial charge is 0.319 e. The molecule has 5 heteroatoms. The summed E-state index contributed by atoms with van der Waals surface area (Å²) in [6, 6.07) is 16.6. The van der Waals surface area contributed by atoms with Crippen molar-refractivity contribution in [3.63, 3.8) is 0 Å². The highest BCUT2D eigenvalue weighted by atomic mass is 16.2. The summed E-state index contributed by atoms with van der Waals surface area (Å²) in [5, 5.41) is 12.2. The van der Waals surface area contributed by atoms with Crippen LogP contribution in [0.25, 0.3) is 0 Å². The number of nitrogens with one attached hydrogen (secondary N) is 1. The summed E-state index contributed by atoms with van der Waals surface area (Å²) in [6.45, 7) is 0.109. The average molecular weight is 331 g/mol. The molecular weight excluding hydrogens is 314 g/mol. The first-order valence-electron chi connectivity index (χ1n) is 8.36. The first kappa shape index (κ1) is 15.4. The monoisotopic (exact) mass is 331 g/mol. The Morgan fingerprint density at radius 1 is 1.12 bits per heavy atom. The fourth-order valence-corrected chi connectivity index (χ4v) is 3.89. The van der Waals surface area contributed by atoms with Crippen LogP contribution in [-0.4, -0.2) is 16.8 Å². The van der Waals surface area contributed by atoms with Crippen LogP contribution in [0.5, 0.6) is 0 Å². The van der Waals surface area contributed by atoms with E-state index in [2.05, 4.69) is 11.4 Å². The third-order valence-corrected chi connectivity index (χ3v) is 5.12. The van der Waals surface area contributed by atoms with E-state index in [4.69, 9.17) is 0 Å². The molecule has 2 aromatic rings. The molecule has 124 valence electrons. The topological polar surface area (TPSA) is 73.2 Å². The number of hydrogen-bond donors (Lipinski definition) is 1. The standard InChI is InChI=1S/C20H17N3O2/c21-12-15-7-1-2-8-16(15)13-23-18(24)20(22-19(23)25)11-5-9-14-6-3-4-10-17(14)20/h1-4,6-8,10H,5,9,11,13H2,(H,22,25)/t20-/m1/s1.